The standard InChI is InChI=1S/C24H31NO3/c1-17-6-7-18(2)22(16-17)28-15-5-14-24(3,4)23(27)13-12-21(26)19-8-10-20(25)11-9-19/h6-11,16H,5,12-15,25H2,1-4H3. The van der Waals surface area contributed by atoms with Gasteiger partial charge in [0.05, 0.1) is 6.61 Å². The summed E-state index contributed by atoms with van der Waals surface area (Å²) in [5.41, 5.74) is 8.68. The average molecular weight is 382 g/mol. The van der Waals surface area contributed by atoms with Crippen molar-refractivity contribution in [1.82, 2.24) is 0 Å². The normalized spacial score (nSPS) is 11.3. The number of Topliss-reactive ketones (excluding diaryl/α,β-unsaturated/α-hetero) is 2. The van der Waals surface area contributed by atoms with Gasteiger partial charge in [0.15, 0.2) is 5.78 Å². The maximum absolute atomic E-state index is 12.6. The van der Waals surface area contributed by atoms with Gasteiger partial charge in [-0.2, -0.15) is 0 Å². The highest BCUT2D eigenvalue weighted by Gasteiger charge is 2.27. The molecule has 0 radical (unpaired) electrons. The number of carbonyl (C=O) groups excluding carboxylic acids is 2. The van der Waals surface area contributed by atoms with E-state index >= 15 is 0 Å². The molecule has 0 atom stereocenters. The van der Waals surface area contributed by atoms with E-state index in [1.807, 2.05) is 33.8 Å². The fourth-order valence-electron chi connectivity index (χ4n) is 3.08. The van der Waals surface area contributed by atoms with Gasteiger partial charge in [0.1, 0.15) is 11.5 Å². The third kappa shape index (κ3) is 6.22. The van der Waals surface area contributed by atoms with Crippen LogP contribution in [0.1, 0.15) is 61.0 Å². The number of aryl methyl sites for hydroxylation is 2. The number of carbonyl (C=O) groups is 2. The van der Waals surface area contributed by atoms with Crippen LogP contribution in [0.15, 0.2) is 42.5 Å². The van der Waals surface area contributed by atoms with Crippen molar-refractivity contribution in [3.63, 3.8) is 0 Å². The third-order valence-corrected chi connectivity index (χ3v) is 5.11. The minimum absolute atomic E-state index is 0.0256. The smallest absolute Gasteiger partial charge is 0.163 e. The van der Waals surface area contributed by atoms with Gasteiger partial charge >= 0.3 is 0 Å². The summed E-state index contributed by atoms with van der Waals surface area (Å²) in [6.45, 7) is 8.54. The summed E-state index contributed by atoms with van der Waals surface area (Å²) < 4.78 is 5.88. The van der Waals surface area contributed by atoms with E-state index in [1.54, 1.807) is 24.3 Å². The number of nitrogens with two attached hydrogens (primary N) is 1. The Bertz CT molecular complexity index is 822. The molecule has 4 heteroatoms. The van der Waals surface area contributed by atoms with Crippen molar-refractivity contribution in [3.05, 3.63) is 59.2 Å². The van der Waals surface area contributed by atoms with Crippen molar-refractivity contribution < 1.29 is 14.3 Å². The maximum Gasteiger partial charge on any atom is 0.163 e. The first-order valence-corrected chi connectivity index (χ1v) is 9.81. The second kappa shape index (κ2) is 9.54. The van der Waals surface area contributed by atoms with Crippen LogP contribution in [-0.2, 0) is 4.79 Å². The van der Waals surface area contributed by atoms with E-state index in [0.29, 0.717) is 17.9 Å². The SMILES string of the molecule is Cc1ccc(C)c(OCCCC(C)(C)C(=O)CCC(=O)c2ccc(N)cc2)c1. The molecule has 0 saturated heterocycles. The lowest BCUT2D eigenvalue weighted by Gasteiger charge is -2.23. The van der Waals surface area contributed by atoms with Crippen molar-refractivity contribution >= 4 is 17.3 Å². The zero-order valence-corrected chi connectivity index (χ0v) is 17.4. The highest BCUT2D eigenvalue weighted by molar-refractivity contribution is 5.99. The van der Waals surface area contributed by atoms with Crippen LogP contribution in [0.5, 0.6) is 5.75 Å². The van der Waals surface area contributed by atoms with Crippen LogP contribution in [0.3, 0.4) is 0 Å². The quantitative estimate of drug-likeness (QED) is 0.344. The molecule has 0 aliphatic heterocycles. The summed E-state index contributed by atoms with van der Waals surface area (Å²) in [6, 6.07) is 13.0. The molecule has 0 spiro atoms. The molecule has 0 saturated carbocycles. The van der Waals surface area contributed by atoms with Crippen molar-refractivity contribution in [3.8, 4) is 5.75 Å². The molecule has 2 aromatic carbocycles. The van der Waals surface area contributed by atoms with Crippen LogP contribution in [0.2, 0.25) is 0 Å². The van der Waals surface area contributed by atoms with Gasteiger partial charge in [-0.25, -0.2) is 0 Å². The molecule has 28 heavy (non-hydrogen) atoms. The average Bonchev–Trinajstić information content (AvgIpc) is 2.66. The summed E-state index contributed by atoms with van der Waals surface area (Å²) >= 11 is 0. The Hall–Kier alpha value is -2.62. The molecule has 2 rings (SSSR count). The number of hydrogen-bond acceptors (Lipinski definition) is 4. The van der Waals surface area contributed by atoms with Gasteiger partial charge in [-0.1, -0.05) is 26.0 Å². The Morgan fingerprint density at radius 2 is 1.68 bits per heavy atom. The number of rotatable bonds is 10. The van der Waals surface area contributed by atoms with Crippen molar-refractivity contribution in [2.45, 2.75) is 53.4 Å². The molecule has 0 aliphatic carbocycles. The van der Waals surface area contributed by atoms with Crippen molar-refractivity contribution in [2.24, 2.45) is 5.41 Å². The Morgan fingerprint density at radius 3 is 2.36 bits per heavy atom. The highest BCUT2D eigenvalue weighted by atomic mass is 16.5. The minimum Gasteiger partial charge on any atom is -0.493 e. The lowest BCUT2D eigenvalue weighted by Crippen LogP contribution is -2.25. The molecule has 0 bridgehead atoms. The molecule has 2 N–H and O–H groups in total. The molecule has 0 fully saturated rings. The van der Waals surface area contributed by atoms with E-state index in [9.17, 15) is 9.59 Å². The number of ketones is 2. The molecule has 4 nitrogen and oxygen atoms in total. The van der Waals surface area contributed by atoms with Crippen LogP contribution in [0.25, 0.3) is 0 Å². The molecule has 0 aliphatic rings. The van der Waals surface area contributed by atoms with E-state index in [4.69, 9.17) is 10.5 Å². The molecule has 0 unspecified atom stereocenters. The summed E-state index contributed by atoms with van der Waals surface area (Å²) in [7, 11) is 0. The predicted molar refractivity (Wildman–Crippen MR) is 114 cm³/mol. The number of ether oxygens (including phenoxy) is 1. The second-order valence-corrected chi connectivity index (χ2v) is 8.07. The van der Waals surface area contributed by atoms with Crippen LogP contribution in [-0.4, -0.2) is 18.2 Å². The Balaban J connectivity index is 1.78. The first kappa shape index (κ1) is 21.7. The van der Waals surface area contributed by atoms with E-state index in [2.05, 4.69) is 12.1 Å². The van der Waals surface area contributed by atoms with E-state index in [1.165, 1.54) is 5.56 Å². The second-order valence-electron chi connectivity index (χ2n) is 8.07. The predicted octanol–water partition coefficient (Wildman–Crippen LogP) is 5.30. The van der Waals surface area contributed by atoms with Crippen LogP contribution in [0, 0.1) is 19.3 Å². The largest absolute Gasteiger partial charge is 0.493 e. The third-order valence-electron chi connectivity index (χ3n) is 5.11. The number of anilines is 1. The summed E-state index contributed by atoms with van der Waals surface area (Å²) in [5.74, 6) is 0.990. The number of nitrogen functional groups attached to an aromatic ring is 1. The lowest BCUT2D eigenvalue weighted by molar-refractivity contribution is -0.127. The summed E-state index contributed by atoms with van der Waals surface area (Å²) in [4.78, 5) is 24.9. The highest BCUT2D eigenvalue weighted by Crippen LogP contribution is 2.27. The minimum atomic E-state index is -0.466. The monoisotopic (exact) mass is 381 g/mol. The molecule has 0 amide bonds. The maximum atomic E-state index is 12.6. The van der Waals surface area contributed by atoms with Gasteiger partial charge in [-0.05, 0) is 68.1 Å². The van der Waals surface area contributed by atoms with Crippen molar-refractivity contribution in [2.75, 3.05) is 12.3 Å². The van der Waals surface area contributed by atoms with E-state index in [0.717, 1.165) is 24.2 Å². The van der Waals surface area contributed by atoms with Gasteiger partial charge in [0.25, 0.3) is 0 Å². The molecule has 150 valence electrons. The number of hydrogen-bond donors (Lipinski definition) is 1. The molecule has 2 aromatic rings. The summed E-state index contributed by atoms with van der Waals surface area (Å²) in [6.07, 6.45) is 2.00. The van der Waals surface area contributed by atoms with Crippen LogP contribution in [0.4, 0.5) is 5.69 Å². The first-order valence-electron chi connectivity index (χ1n) is 9.81. The van der Waals surface area contributed by atoms with E-state index in [-0.39, 0.29) is 24.4 Å². The molecular formula is C24H31NO3. The van der Waals surface area contributed by atoms with Gasteiger partial charge < -0.3 is 10.5 Å². The lowest BCUT2D eigenvalue weighted by atomic mass is 9.81. The van der Waals surface area contributed by atoms with Gasteiger partial charge in [0.2, 0.25) is 0 Å². The molecule has 0 aromatic heterocycles. The Labute approximate surface area is 168 Å². The topological polar surface area (TPSA) is 69.4 Å². The summed E-state index contributed by atoms with van der Waals surface area (Å²) in [5, 5.41) is 0. The van der Waals surface area contributed by atoms with Gasteiger partial charge in [-0.15, -0.1) is 0 Å². The fraction of sp³-hybridized carbons (Fsp3) is 0.417. The van der Waals surface area contributed by atoms with Crippen molar-refractivity contribution in [1.29, 1.82) is 0 Å². The zero-order chi connectivity index (χ0) is 20.7. The van der Waals surface area contributed by atoms with Crippen LogP contribution >= 0.6 is 0 Å². The molecular weight excluding hydrogens is 350 g/mol. The first-order chi connectivity index (χ1) is 13.2. The van der Waals surface area contributed by atoms with Gasteiger partial charge in [-0.3, -0.25) is 9.59 Å². The molecule has 0 heterocycles. The van der Waals surface area contributed by atoms with E-state index < -0.39 is 5.41 Å². The van der Waals surface area contributed by atoms with Gasteiger partial charge in [0, 0.05) is 29.5 Å². The fourth-order valence-corrected chi connectivity index (χ4v) is 3.08. The van der Waals surface area contributed by atoms with Crippen LogP contribution < -0.4 is 10.5 Å². The number of benzene rings is 2. The Kier molecular flexibility index (Phi) is 7.38. The Morgan fingerprint density at radius 1 is 1.00 bits per heavy atom. The zero-order valence-electron chi connectivity index (χ0n) is 17.4.